The summed E-state index contributed by atoms with van der Waals surface area (Å²) in [6, 6.07) is 9.69. The summed E-state index contributed by atoms with van der Waals surface area (Å²) in [5, 5.41) is 13.5. The molecule has 2 aromatic heterocycles. The van der Waals surface area contributed by atoms with Gasteiger partial charge in [-0.15, -0.1) is 0 Å². The maximum Gasteiger partial charge on any atom is 0.295 e. The molecular weight excluding hydrogens is 306 g/mol. The number of nitrogens with one attached hydrogen (secondary N) is 1. The SMILES string of the molecule is Nc1nc2cc3c1nc(O)n3Cc1cccc(c1)NC/C=C/CO2. The van der Waals surface area contributed by atoms with E-state index in [2.05, 4.69) is 15.3 Å². The molecule has 0 saturated heterocycles. The molecule has 122 valence electrons. The van der Waals surface area contributed by atoms with Crippen LogP contribution in [-0.2, 0) is 6.54 Å². The number of nitrogens with zero attached hydrogens (tertiary/aromatic N) is 3. The van der Waals surface area contributed by atoms with Crippen molar-refractivity contribution in [3.05, 3.63) is 48.0 Å². The minimum atomic E-state index is -0.0963. The Labute approximate surface area is 138 Å². The number of anilines is 2. The van der Waals surface area contributed by atoms with E-state index < -0.39 is 0 Å². The summed E-state index contributed by atoms with van der Waals surface area (Å²) >= 11 is 0. The molecule has 3 heterocycles. The molecule has 4 rings (SSSR count). The maximum atomic E-state index is 10.2. The highest BCUT2D eigenvalue weighted by Crippen LogP contribution is 2.28. The molecule has 0 amide bonds. The van der Waals surface area contributed by atoms with Crippen molar-refractivity contribution in [1.29, 1.82) is 0 Å². The van der Waals surface area contributed by atoms with Gasteiger partial charge in [-0.2, -0.15) is 9.97 Å². The highest BCUT2D eigenvalue weighted by Gasteiger charge is 2.15. The van der Waals surface area contributed by atoms with Crippen molar-refractivity contribution in [2.24, 2.45) is 0 Å². The number of imidazole rings is 1. The van der Waals surface area contributed by atoms with Crippen LogP contribution in [0, 0.1) is 0 Å². The van der Waals surface area contributed by atoms with E-state index in [0.29, 0.717) is 36.6 Å². The number of nitrogen functional groups attached to an aromatic ring is 1. The van der Waals surface area contributed by atoms with Gasteiger partial charge in [0.1, 0.15) is 12.1 Å². The number of nitrogens with two attached hydrogens (primary N) is 1. The van der Waals surface area contributed by atoms with E-state index in [0.717, 1.165) is 11.3 Å². The van der Waals surface area contributed by atoms with Gasteiger partial charge in [-0.3, -0.25) is 4.57 Å². The highest BCUT2D eigenvalue weighted by atomic mass is 16.5. The van der Waals surface area contributed by atoms with Crippen LogP contribution in [0.3, 0.4) is 0 Å². The molecule has 3 aromatic rings. The number of pyridine rings is 1. The zero-order valence-electron chi connectivity index (χ0n) is 12.9. The standard InChI is InChI=1S/C17H17N5O2/c18-16-15-13-9-14(20-16)24-7-2-1-6-19-12-5-3-4-11(8-12)10-22(13)17(23)21-15/h1-5,8-9,19H,6-7,10H2,(H2,18,20)(H,21,23)/b2-1+. The molecule has 0 fully saturated rings. The van der Waals surface area contributed by atoms with Crippen LogP contribution in [0.2, 0.25) is 0 Å². The van der Waals surface area contributed by atoms with Crippen molar-refractivity contribution in [3.8, 4) is 11.9 Å². The van der Waals surface area contributed by atoms with Gasteiger partial charge in [0, 0.05) is 18.3 Å². The van der Waals surface area contributed by atoms with Gasteiger partial charge in [-0.05, 0) is 23.8 Å². The third kappa shape index (κ3) is 2.60. The Morgan fingerprint density at radius 3 is 3.04 bits per heavy atom. The predicted molar refractivity (Wildman–Crippen MR) is 92.3 cm³/mol. The Morgan fingerprint density at radius 2 is 2.12 bits per heavy atom. The molecule has 0 saturated carbocycles. The third-order valence-electron chi connectivity index (χ3n) is 3.91. The van der Waals surface area contributed by atoms with Crippen LogP contribution in [0.5, 0.6) is 11.9 Å². The summed E-state index contributed by atoms with van der Waals surface area (Å²) in [7, 11) is 0. The molecular formula is C17H17N5O2. The van der Waals surface area contributed by atoms with Crippen LogP contribution in [0.4, 0.5) is 11.5 Å². The van der Waals surface area contributed by atoms with Crippen molar-refractivity contribution in [1.82, 2.24) is 14.5 Å². The average Bonchev–Trinajstić information content (AvgIpc) is 2.88. The van der Waals surface area contributed by atoms with Crippen LogP contribution in [-0.4, -0.2) is 32.8 Å². The maximum absolute atomic E-state index is 10.2. The molecule has 0 radical (unpaired) electrons. The molecule has 0 atom stereocenters. The Kier molecular flexibility index (Phi) is 3.45. The monoisotopic (exact) mass is 323 g/mol. The van der Waals surface area contributed by atoms with Gasteiger partial charge >= 0.3 is 0 Å². The van der Waals surface area contributed by atoms with Crippen LogP contribution >= 0.6 is 0 Å². The van der Waals surface area contributed by atoms with Gasteiger partial charge in [0.2, 0.25) is 5.88 Å². The number of benzene rings is 1. The molecule has 0 spiro atoms. The lowest BCUT2D eigenvalue weighted by atomic mass is 10.2. The molecule has 1 aliphatic rings. The molecule has 0 aliphatic carbocycles. The van der Waals surface area contributed by atoms with Crippen LogP contribution in [0.1, 0.15) is 5.56 Å². The topological polar surface area (TPSA) is 98.2 Å². The van der Waals surface area contributed by atoms with E-state index in [1.54, 1.807) is 10.6 Å². The van der Waals surface area contributed by atoms with Gasteiger partial charge in [0.15, 0.2) is 5.82 Å². The fourth-order valence-corrected chi connectivity index (χ4v) is 2.76. The van der Waals surface area contributed by atoms with Gasteiger partial charge < -0.3 is 20.9 Å². The number of aromatic hydroxyl groups is 1. The summed E-state index contributed by atoms with van der Waals surface area (Å²) in [6.07, 6.45) is 3.91. The minimum absolute atomic E-state index is 0.0963. The second-order valence-corrected chi connectivity index (χ2v) is 5.58. The Bertz CT molecular complexity index is 932. The van der Waals surface area contributed by atoms with Crippen LogP contribution < -0.4 is 15.8 Å². The first-order valence-corrected chi connectivity index (χ1v) is 7.67. The normalized spacial score (nSPS) is 15.5. The quantitative estimate of drug-likeness (QED) is 0.548. The van der Waals surface area contributed by atoms with Crippen LogP contribution in [0.25, 0.3) is 11.0 Å². The van der Waals surface area contributed by atoms with E-state index in [1.807, 2.05) is 36.4 Å². The lowest BCUT2D eigenvalue weighted by Gasteiger charge is -2.11. The third-order valence-corrected chi connectivity index (χ3v) is 3.91. The van der Waals surface area contributed by atoms with Gasteiger partial charge in [0.05, 0.1) is 12.1 Å². The van der Waals surface area contributed by atoms with Gasteiger partial charge in [-0.1, -0.05) is 18.2 Å². The molecule has 1 aromatic carbocycles. The fraction of sp³-hybridized carbons (Fsp3) is 0.176. The van der Waals surface area contributed by atoms with E-state index in [4.69, 9.17) is 10.5 Å². The Morgan fingerprint density at radius 1 is 1.21 bits per heavy atom. The first kappa shape index (κ1) is 14.4. The van der Waals surface area contributed by atoms with Crippen molar-refractivity contribution < 1.29 is 9.84 Å². The van der Waals surface area contributed by atoms with Crippen molar-refractivity contribution in [3.63, 3.8) is 0 Å². The number of ether oxygens (including phenoxy) is 1. The summed E-state index contributed by atoms with van der Waals surface area (Å²) in [5.74, 6) is 0.646. The van der Waals surface area contributed by atoms with Crippen molar-refractivity contribution >= 4 is 22.5 Å². The highest BCUT2D eigenvalue weighted by molar-refractivity contribution is 5.87. The molecule has 4 N–H and O–H groups in total. The van der Waals surface area contributed by atoms with E-state index in [9.17, 15) is 5.11 Å². The van der Waals surface area contributed by atoms with Crippen molar-refractivity contribution in [2.45, 2.75) is 6.54 Å². The second kappa shape index (κ2) is 5.77. The lowest BCUT2D eigenvalue weighted by Crippen LogP contribution is -2.05. The largest absolute Gasteiger partial charge is 0.480 e. The molecule has 1 aliphatic heterocycles. The minimum Gasteiger partial charge on any atom is -0.480 e. The summed E-state index contributed by atoms with van der Waals surface area (Å²) in [6.45, 7) is 1.55. The zero-order chi connectivity index (χ0) is 16.5. The molecule has 7 heteroatoms. The fourth-order valence-electron chi connectivity index (χ4n) is 2.76. The molecule has 24 heavy (non-hydrogen) atoms. The van der Waals surface area contributed by atoms with E-state index in [1.165, 1.54) is 0 Å². The lowest BCUT2D eigenvalue weighted by molar-refractivity contribution is 0.349. The van der Waals surface area contributed by atoms with Gasteiger partial charge in [-0.25, -0.2) is 0 Å². The molecule has 0 unspecified atom stereocenters. The van der Waals surface area contributed by atoms with Crippen LogP contribution in [0.15, 0.2) is 42.5 Å². The van der Waals surface area contributed by atoms with Gasteiger partial charge in [0.25, 0.3) is 6.01 Å². The first-order valence-electron chi connectivity index (χ1n) is 7.67. The number of aromatic nitrogens is 3. The summed E-state index contributed by atoms with van der Waals surface area (Å²) in [5.41, 5.74) is 9.17. The summed E-state index contributed by atoms with van der Waals surface area (Å²) < 4.78 is 7.32. The second-order valence-electron chi connectivity index (χ2n) is 5.58. The van der Waals surface area contributed by atoms with E-state index in [-0.39, 0.29) is 11.8 Å². The smallest absolute Gasteiger partial charge is 0.295 e. The number of rotatable bonds is 0. The molecule has 4 bridgehead atoms. The predicted octanol–water partition coefficient (Wildman–Crippen LogP) is 2.13. The number of fused-ring (bicyclic) bond motifs is 3. The number of hydrogen-bond acceptors (Lipinski definition) is 6. The molecule has 7 nitrogen and oxygen atoms in total. The first-order chi connectivity index (χ1) is 11.7. The summed E-state index contributed by atoms with van der Waals surface area (Å²) in [4.78, 5) is 8.32. The average molecular weight is 323 g/mol. The Hall–Kier alpha value is -3.22. The van der Waals surface area contributed by atoms with Crippen molar-refractivity contribution in [2.75, 3.05) is 24.2 Å². The van der Waals surface area contributed by atoms with E-state index >= 15 is 0 Å². The Balaban J connectivity index is 1.88. The number of hydrogen-bond donors (Lipinski definition) is 3. The zero-order valence-corrected chi connectivity index (χ0v) is 12.9.